The molecule has 4 heteroatoms. The fourth-order valence-corrected chi connectivity index (χ4v) is 2.25. The number of para-hydroxylation sites is 1. The Labute approximate surface area is 108 Å². The minimum Gasteiger partial charge on any atom is -0.409 e. The molecular weight excluding hydrogens is 226 g/mol. The zero-order chi connectivity index (χ0) is 12.8. The summed E-state index contributed by atoms with van der Waals surface area (Å²) in [6.45, 7) is 1.87. The molecule has 0 bridgehead atoms. The second-order valence-corrected chi connectivity index (χ2v) is 4.92. The van der Waals surface area contributed by atoms with Crippen LogP contribution in [0.2, 0.25) is 0 Å². The van der Waals surface area contributed by atoms with Crippen LogP contribution in [-0.4, -0.2) is 24.1 Å². The van der Waals surface area contributed by atoms with Crippen LogP contribution in [0.15, 0.2) is 35.5 Å². The summed E-state index contributed by atoms with van der Waals surface area (Å²) in [4.78, 5) is 2.34. The third kappa shape index (κ3) is 3.39. The minimum atomic E-state index is 0.296. The largest absolute Gasteiger partial charge is 0.409 e. The van der Waals surface area contributed by atoms with Gasteiger partial charge in [-0.25, -0.2) is 0 Å². The van der Waals surface area contributed by atoms with E-state index in [0.717, 1.165) is 19.0 Å². The Morgan fingerprint density at radius 3 is 2.61 bits per heavy atom. The molecule has 0 heterocycles. The fraction of sp³-hybridized carbons (Fsp3) is 0.500. The van der Waals surface area contributed by atoms with Crippen molar-refractivity contribution in [3.05, 3.63) is 30.3 Å². The molecular formula is C14H21N3O. The van der Waals surface area contributed by atoms with Crippen molar-refractivity contribution in [2.24, 2.45) is 16.8 Å². The van der Waals surface area contributed by atoms with Crippen molar-refractivity contribution < 1.29 is 5.21 Å². The van der Waals surface area contributed by atoms with E-state index in [1.165, 1.54) is 24.9 Å². The van der Waals surface area contributed by atoms with Crippen molar-refractivity contribution in [1.29, 1.82) is 0 Å². The molecule has 1 aromatic carbocycles. The smallest absolute Gasteiger partial charge is 0.140 e. The zero-order valence-corrected chi connectivity index (χ0v) is 10.6. The highest BCUT2D eigenvalue weighted by Crippen LogP contribution is 2.28. The summed E-state index contributed by atoms with van der Waals surface area (Å²) in [6.07, 6.45) is 4.60. The molecule has 1 fully saturated rings. The molecule has 4 nitrogen and oxygen atoms in total. The number of anilines is 1. The van der Waals surface area contributed by atoms with E-state index in [1.807, 2.05) is 18.2 Å². The Balaban J connectivity index is 1.97. The molecule has 0 amide bonds. The molecule has 0 spiro atoms. The van der Waals surface area contributed by atoms with E-state index in [4.69, 9.17) is 10.9 Å². The average Bonchev–Trinajstić information content (AvgIpc) is 2.37. The molecule has 0 saturated heterocycles. The Bertz CT molecular complexity index is 387. The summed E-state index contributed by atoms with van der Waals surface area (Å²) in [7, 11) is 0. The van der Waals surface area contributed by atoms with Crippen LogP contribution in [0.3, 0.4) is 0 Å². The second kappa shape index (κ2) is 6.28. The minimum absolute atomic E-state index is 0.296. The van der Waals surface area contributed by atoms with Crippen molar-refractivity contribution in [1.82, 2.24) is 0 Å². The van der Waals surface area contributed by atoms with E-state index in [0.29, 0.717) is 12.3 Å². The quantitative estimate of drug-likeness (QED) is 0.351. The highest BCUT2D eigenvalue weighted by Gasteiger charge is 2.20. The van der Waals surface area contributed by atoms with Crippen molar-refractivity contribution in [2.45, 2.75) is 25.7 Å². The first kappa shape index (κ1) is 12.7. The first-order chi connectivity index (χ1) is 8.79. The van der Waals surface area contributed by atoms with E-state index in [2.05, 4.69) is 22.2 Å². The van der Waals surface area contributed by atoms with Gasteiger partial charge in [0.25, 0.3) is 0 Å². The van der Waals surface area contributed by atoms with Gasteiger partial charge in [0, 0.05) is 25.2 Å². The van der Waals surface area contributed by atoms with Crippen LogP contribution >= 0.6 is 0 Å². The summed E-state index contributed by atoms with van der Waals surface area (Å²) in [6, 6.07) is 10.4. The first-order valence-corrected chi connectivity index (χ1v) is 6.56. The molecule has 1 aromatic rings. The Kier molecular flexibility index (Phi) is 4.45. The number of oxime groups is 1. The predicted molar refractivity (Wildman–Crippen MR) is 74.0 cm³/mol. The van der Waals surface area contributed by atoms with Gasteiger partial charge in [-0.1, -0.05) is 29.8 Å². The van der Waals surface area contributed by atoms with Crippen molar-refractivity contribution in [3.8, 4) is 0 Å². The SMILES string of the molecule is NC(CCN(CC1CCC1)c1ccccc1)=NO. The molecule has 18 heavy (non-hydrogen) atoms. The highest BCUT2D eigenvalue weighted by atomic mass is 16.4. The zero-order valence-electron chi connectivity index (χ0n) is 10.6. The summed E-state index contributed by atoms with van der Waals surface area (Å²) in [5, 5.41) is 11.6. The van der Waals surface area contributed by atoms with Gasteiger partial charge in [-0.15, -0.1) is 0 Å². The maximum Gasteiger partial charge on any atom is 0.140 e. The maximum absolute atomic E-state index is 8.60. The van der Waals surface area contributed by atoms with Crippen molar-refractivity contribution >= 4 is 11.5 Å². The lowest BCUT2D eigenvalue weighted by atomic mass is 9.85. The van der Waals surface area contributed by atoms with Gasteiger partial charge in [-0.3, -0.25) is 0 Å². The van der Waals surface area contributed by atoms with Crippen LogP contribution in [0, 0.1) is 5.92 Å². The van der Waals surface area contributed by atoms with Crippen LogP contribution in [0.5, 0.6) is 0 Å². The number of amidine groups is 1. The van der Waals surface area contributed by atoms with E-state index in [9.17, 15) is 0 Å². The van der Waals surface area contributed by atoms with Crippen LogP contribution in [0.25, 0.3) is 0 Å². The first-order valence-electron chi connectivity index (χ1n) is 6.56. The summed E-state index contributed by atoms with van der Waals surface area (Å²) >= 11 is 0. The number of rotatable bonds is 6. The lowest BCUT2D eigenvalue weighted by molar-refractivity contribution is 0.314. The number of nitrogens with two attached hydrogens (primary N) is 1. The van der Waals surface area contributed by atoms with Gasteiger partial charge in [0.05, 0.1) is 0 Å². The van der Waals surface area contributed by atoms with Crippen LogP contribution in [-0.2, 0) is 0 Å². The molecule has 2 rings (SSSR count). The molecule has 3 N–H and O–H groups in total. The monoisotopic (exact) mass is 247 g/mol. The van der Waals surface area contributed by atoms with E-state index in [-0.39, 0.29) is 0 Å². The van der Waals surface area contributed by atoms with Crippen LogP contribution < -0.4 is 10.6 Å². The predicted octanol–water partition coefficient (Wildman–Crippen LogP) is 2.43. The van der Waals surface area contributed by atoms with Gasteiger partial charge in [-0.2, -0.15) is 0 Å². The van der Waals surface area contributed by atoms with Gasteiger partial charge in [-0.05, 0) is 30.9 Å². The Morgan fingerprint density at radius 2 is 2.06 bits per heavy atom. The third-order valence-electron chi connectivity index (χ3n) is 3.59. The van der Waals surface area contributed by atoms with Crippen molar-refractivity contribution in [2.75, 3.05) is 18.0 Å². The lowest BCUT2D eigenvalue weighted by Crippen LogP contribution is -2.35. The summed E-state index contributed by atoms with van der Waals surface area (Å²) in [5.74, 6) is 1.10. The van der Waals surface area contributed by atoms with Gasteiger partial charge >= 0.3 is 0 Å². The molecule has 1 aliphatic carbocycles. The van der Waals surface area contributed by atoms with Crippen LogP contribution in [0.4, 0.5) is 5.69 Å². The summed E-state index contributed by atoms with van der Waals surface area (Å²) < 4.78 is 0. The molecule has 0 aromatic heterocycles. The topological polar surface area (TPSA) is 61.8 Å². The maximum atomic E-state index is 8.60. The number of hydrogen-bond donors (Lipinski definition) is 2. The molecule has 98 valence electrons. The molecule has 0 radical (unpaired) electrons. The van der Waals surface area contributed by atoms with Gasteiger partial charge in [0.1, 0.15) is 5.84 Å². The number of nitrogens with zero attached hydrogens (tertiary/aromatic N) is 2. The fourth-order valence-electron chi connectivity index (χ4n) is 2.25. The number of hydrogen-bond acceptors (Lipinski definition) is 3. The average molecular weight is 247 g/mol. The molecule has 0 atom stereocenters. The number of benzene rings is 1. The van der Waals surface area contributed by atoms with Gasteiger partial charge in [0.2, 0.25) is 0 Å². The third-order valence-corrected chi connectivity index (χ3v) is 3.59. The van der Waals surface area contributed by atoms with E-state index < -0.39 is 0 Å². The van der Waals surface area contributed by atoms with Crippen molar-refractivity contribution in [3.63, 3.8) is 0 Å². The van der Waals surface area contributed by atoms with Crippen LogP contribution in [0.1, 0.15) is 25.7 Å². The molecule has 0 aliphatic heterocycles. The molecule has 0 unspecified atom stereocenters. The van der Waals surface area contributed by atoms with E-state index >= 15 is 0 Å². The van der Waals surface area contributed by atoms with Gasteiger partial charge in [0.15, 0.2) is 0 Å². The standard InChI is InChI=1S/C14H21N3O/c15-14(16-18)9-10-17(11-12-5-4-6-12)13-7-2-1-3-8-13/h1-3,7-8,12,18H,4-6,9-11H2,(H2,15,16). The summed E-state index contributed by atoms with van der Waals surface area (Å²) in [5.41, 5.74) is 6.77. The second-order valence-electron chi connectivity index (χ2n) is 4.92. The Morgan fingerprint density at radius 1 is 1.33 bits per heavy atom. The highest BCUT2D eigenvalue weighted by molar-refractivity contribution is 5.80. The lowest BCUT2D eigenvalue weighted by Gasteiger charge is -2.33. The normalized spacial score (nSPS) is 16.3. The van der Waals surface area contributed by atoms with Gasteiger partial charge < -0.3 is 15.8 Å². The Hall–Kier alpha value is -1.71. The van der Waals surface area contributed by atoms with E-state index in [1.54, 1.807) is 0 Å². The molecule has 1 saturated carbocycles. The molecule has 1 aliphatic rings.